The Kier molecular flexibility index (Phi) is 7.00. The lowest BCUT2D eigenvalue weighted by molar-refractivity contribution is -0.126. The largest absolute Gasteiger partial charge is 0.379 e. The number of carbonyl (C=O) groups excluding carboxylic acids is 2. The fraction of sp³-hybridized carbons (Fsp3) is 0.600. The third kappa shape index (κ3) is 5.56. The maximum atomic E-state index is 12.3. The minimum atomic E-state index is -0.277. The molecule has 1 saturated heterocycles. The van der Waals surface area contributed by atoms with Crippen LogP contribution in [0.1, 0.15) is 52.0 Å². The molecule has 1 aliphatic heterocycles. The molecule has 0 bridgehead atoms. The Labute approximate surface area is 150 Å². The van der Waals surface area contributed by atoms with Crippen LogP contribution in [0, 0.1) is 5.92 Å². The Morgan fingerprint density at radius 1 is 1.32 bits per heavy atom. The van der Waals surface area contributed by atoms with E-state index in [1.165, 1.54) is 5.56 Å². The van der Waals surface area contributed by atoms with Gasteiger partial charge in [0.05, 0.1) is 12.0 Å². The number of ether oxygens (including phenoxy) is 1. The summed E-state index contributed by atoms with van der Waals surface area (Å²) in [6.45, 7) is 9.91. The minimum Gasteiger partial charge on any atom is -0.379 e. The highest BCUT2D eigenvalue weighted by Crippen LogP contribution is 2.27. The van der Waals surface area contributed by atoms with E-state index >= 15 is 0 Å². The van der Waals surface area contributed by atoms with Crippen LogP contribution < -0.4 is 10.2 Å². The Bertz CT molecular complexity index is 598. The van der Waals surface area contributed by atoms with Gasteiger partial charge in [-0.25, -0.2) is 0 Å². The number of anilines is 1. The highest BCUT2D eigenvalue weighted by atomic mass is 16.5. The monoisotopic (exact) mass is 346 g/mol. The van der Waals surface area contributed by atoms with Gasteiger partial charge in [-0.15, -0.1) is 0 Å². The van der Waals surface area contributed by atoms with Gasteiger partial charge in [-0.2, -0.15) is 0 Å². The standard InChI is InChI=1S/C20H30N2O3/c1-14(2)16-7-5-8-18(11-16)22-13-17(12-19(22)23)20(24)21-9-6-10-25-15(3)4/h5,7-8,11,14-15,17H,6,9-10,12-13H2,1-4H3,(H,21,24). The molecule has 5 heteroatoms. The van der Waals surface area contributed by atoms with Gasteiger partial charge in [0.2, 0.25) is 11.8 Å². The lowest BCUT2D eigenvalue weighted by Crippen LogP contribution is -2.34. The van der Waals surface area contributed by atoms with Crippen LogP contribution in [-0.2, 0) is 14.3 Å². The number of nitrogens with one attached hydrogen (secondary N) is 1. The number of hydrogen-bond donors (Lipinski definition) is 1. The second-order valence-electron chi connectivity index (χ2n) is 7.22. The first-order valence-electron chi connectivity index (χ1n) is 9.18. The number of amides is 2. The van der Waals surface area contributed by atoms with E-state index < -0.39 is 0 Å². The van der Waals surface area contributed by atoms with Crippen molar-refractivity contribution in [1.29, 1.82) is 0 Å². The van der Waals surface area contributed by atoms with Crippen LogP contribution in [0.25, 0.3) is 0 Å². The van der Waals surface area contributed by atoms with Gasteiger partial charge in [-0.1, -0.05) is 26.0 Å². The van der Waals surface area contributed by atoms with Gasteiger partial charge in [0.15, 0.2) is 0 Å². The Morgan fingerprint density at radius 3 is 2.76 bits per heavy atom. The smallest absolute Gasteiger partial charge is 0.227 e. The zero-order valence-corrected chi connectivity index (χ0v) is 15.7. The molecule has 138 valence electrons. The van der Waals surface area contributed by atoms with Crippen LogP contribution in [0.5, 0.6) is 0 Å². The number of carbonyl (C=O) groups is 2. The van der Waals surface area contributed by atoms with E-state index in [1.807, 2.05) is 32.0 Å². The SMILES string of the molecule is CC(C)OCCCNC(=O)C1CC(=O)N(c2cccc(C(C)C)c2)C1. The molecule has 1 N–H and O–H groups in total. The van der Waals surface area contributed by atoms with E-state index in [1.54, 1.807) is 4.90 Å². The maximum absolute atomic E-state index is 12.3. The van der Waals surface area contributed by atoms with Gasteiger partial charge < -0.3 is 15.0 Å². The second-order valence-corrected chi connectivity index (χ2v) is 7.22. The summed E-state index contributed by atoms with van der Waals surface area (Å²) in [7, 11) is 0. The predicted molar refractivity (Wildman–Crippen MR) is 99.7 cm³/mol. The molecular weight excluding hydrogens is 316 g/mol. The van der Waals surface area contributed by atoms with Gasteiger partial charge in [0.1, 0.15) is 0 Å². The molecular formula is C20H30N2O3. The molecule has 1 aromatic carbocycles. The van der Waals surface area contributed by atoms with Gasteiger partial charge >= 0.3 is 0 Å². The molecule has 1 aliphatic rings. The lowest BCUT2D eigenvalue weighted by Gasteiger charge is -2.18. The van der Waals surface area contributed by atoms with Crippen LogP contribution in [-0.4, -0.2) is 37.6 Å². The topological polar surface area (TPSA) is 58.6 Å². The van der Waals surface area contributed by atoms with Crippen molar-refractivity contribution in [2.75, 3.05) is 24.6 Å². The molecule has 0 aliphatic carbocycles. The van der Waals surface area contributed by atoms with Gasteiger partial charge in [0.25, 0.3) is 0 Å². The molecule has 1 aromatic rings. The summed E-state index contributed by atoms with van der Waals surface area (Å²) in [6.07, 6.45) is 1.27. The highest BCUT2D eigenvalue weighted by molar-refractivity contribution is 6.00. The summed E-state index contributed by atoms with van der Waals surface area (Å²) < 4.78 is 5.46. The molecule has 1 unspecified atom stereocenters. The van der Waals surface area contributed by atoms with Crippen molar-refractivity contribution in [3.63, 3.8) is 0 Å². The summed E-state index contributed by atoms with van der Waals surface area (Å²) in [5.74, 6) is 0.107. The van der Waals surface area contributed by atoms with Gasteiger partial charge in [-0.05, 0) is 43.9 Å². The zero-order chi connectivity index (χ0) is 18.4. The van der Waals surface area contributed by atoms with Crippen molar-refractivity contribution in [2.45, 2.75) is 52.6 Å². The molecule has 1 fully saturated rings. The van der Waals surface area contributed by atoms with Crippen LogP contribution in [0.2, 0.25) is 0 Å². The molecule has 0 spiro atoms. The molecule has 1 atom stereocenters. The van der Waals surface area contributed by atoms with E-state index in [0.717, 1.165) is 12.1 Å². The van der Waals surface area contributed by atoms with Crippen molar-refractivity contribution in [3.8, 4) is 0 Å². The van der Waals surface area contributed by atoms with Crippen LogP contribution in [0.3, 0.4) is 0 Å². The van der Waals surface area contributed by atoms with E-state index in [4.69, 9.17) is 4.74 Å². The summed E-state index contributed by atoms with van der Waals surface area (Å²) in [6, 6.07) is 8.03. The van der Waals surface area contributed by atoms with Crippen molar-refractivity contribution < 1.29 is 14.3 Å². The Hall–Kier alpha value is -1.88. The van der Waals surface area contributed by atoms with E-state index in [2.05, 4.69) is 25.2 Å². The molecule has 0 radical (unpaired) electrons. The number of nitrogens with zero attached hydrogens (tertiary/aromatic N) is 1. The average molecular weight is 346 g/mol. The van der Waals surface area contributed by atoms with Gasteiger partial charge in [0, 0.05) is 31.8 Å². The summed E-state index contributed by atoms with van der Waals surface area (Å²) in [5.41, 5.74) is 2.08. The fourth-order valence-electron chi connectivity index (χ4n) is 2.93. The first-order chi connectivity index (χ1) is 11.9. The number of hydrogen-bond acceptors (Lipinski definition) is 3. The third-order valence-electron chi connectivity index (χ3n) is 4.42. The normalized spacial score (nSPS) is 17.6. The Morgan fingerprint density at radius 2 is 2.08 bits per heavy atom. The fourth-order valence-corrected chi connectivity index (χ4v) is 2.93. The molecule has 0 saturated carbocycles. The van der Waals surface area contributed by atoms with Crippen LogP contribution >= 0.6 is 0 Å². The third-order valence-corrected chi connectivity index (χ3v) is 4.42. The van der Waals surface area contributed by atoms with Crippen LogP contribution in [0.4, 0.5) is 5.69 Å². The maximum Gasteiger partial charge on any atom is 0.227 e. The average Bonchev–Trinajstić information content (AvgIpc) is 2.96. The Balaban J connectivity index is 1.87. The second kappa shape index (κ2) is 8.99. The predicted octanol–water partition coefficient (Wildman–Crippen LogP) is 3.09. The minimum absolute atomic E-state index is 0.0178. The van der Waals surface area contributed by atoms with Crippen molar-refractivity contribution in [1.82, 2.24) is 5.32 Å². The number of benzene rings is 1. The van der Waals surface area contributed by atoms with Gasteiger partial charge in [-0.3, -0.25) is 9.59 Å². The summed E-state index contributed by atoms with van der Waals surface area (Å²) in [5, 5.41) is 2.92. The highest BCUT2D eigenvalue weighted by Gasteiger charge is 2.35. The first-order valence-corrected chi connectivity index (χ1v) is 9.18. The molecule has 25 heavy (non-hydrogen) atoms. The summed E-state index contributed by atoms with van der Waals surface area (Å²) >= 11 is 0. The molecule has 2 amide bonds. The van der Waals surface area contributed by atoms with E-state index in [9.17, 15) is 9.59 Å². The van der Waals surface area contributed by atoms with Crippen molar-refractivity contribution in [3.05, 3.63) is 29.8 Å². The number of rotatable bonds is 8. The molecule has 2 rings (SSSR count). The van der Waals surface area contributed by atoms with E-state index in [0.29, 0.717) is 25.6 Å². The molecule has 0 aromatic heterocycles. The van der Waals surface area contributed by atoms with Crippen LogP contribution in [0.15, 0.2) is 24.3 Å². The van der Waals surface area contributed by atoms with E-state index in [-0.39, 0.29) is 30.3 Å². The first kappa shape index (κ1) is 19.4. The van der Waals surface area contributed by atoms with Crippen molar-refractivity contribution >= 4 is 17.5 Å². The summed E-state index contributed by atoms with van der Waals surface area (Å²) in [4.78, 5) is 26.4. The zero-order valence-electron chi connectivity index (χ0n) is 15.7. The van der Waals surface area contributed by atoms with Crippen molar-refractivity contribution in [2.24, 2.45) is 5.92 Å². The lowest BCUT2D eigenvalue weighted by atomic mass is 10.0. The quantitative estimate of drug-likeness (QED) is 0.736. The molecule has 1 heterocycles. The molecule has 5 nitrogen and oxygen atoms in total.